The van der Waals surface area contributed by atoms with Crippen LogP contribution < -0.4 is 5.01 Å². The van der Waals surface area contributed by atoms with E-state index < -0.39 is 6.23 Å². The van der Waals surface area contributed by atoms with E-state index in [1.807, 2.05) is 30.3 Å². The molecule has 0 bridgehead atoms. The zero-order chi connectivity index (χ0) is 8.39. The summed E-state index contributed by atoms with van der Waals surface area (Å²) >= 11 is 0. The Kier molecular flexibility index (Phi) is 1.75. The first-order valence-corrected chi connectivity index (χ1v) is 3.78. The van der Waals surface area contributed by atoms with Crippen molar-refractivity contribution in [3.05, 3.63) is 30.3 Å². The number of benzene rings is 1. The van der Waals surface area contributed by atoms with E-state index in [9.17, 15) is 5.11 Å². The van der Waals surface area contributed by atoms with E-state index in [0.717, 1.165) is 5.69 Å². The van der Waals surface area contributed by atoms with Crippen LogP contribution in [0.15, 0.2) is 40.7 Å². The van der Waals surface area contributed by atoms with Gasteiger partial charge < -0.3 is 5.11 Å². The van der Waals surface area contributed by atoms with Gasteiger partial charge in [-0.05, 0) is 12.1 Å². The van der Waals surface area contributed by atoms with Gasteiger partial charge in [0, 0.05) is 0 Å². The fourth-order valence-electron chi connectivity index (χ4n) is 1.12. The van der Waals surface area contributed by atoms with E-state index in [2.05, 4.69) is 10.3 Å². The Hall–Kier alpha value is -1.42. The first-order valence-electron chi connectivity index (χ1n) is 3.78. The molecule has 0 amide bonds. The molecular formula is C8H9N3O. The number of hydrogen-bond donors (Lipinski definition) is 1. The number of hydrogen-bond acceptors (Lipinski definition) is 4. The Balaban J connectivity index is 2.25. The minimum Gasteiger partial charge on any atom is -0.370 e. The average molecular weight is 163 g/mol. The average Bonchev–Trinajstić information content (AvgIpc) is 2.53. The Bertz CT molecular complexity index is 286. The molecule has 2 rings (SSSR count). The third-order valence-electron chi connectivity index (χ3n) is 1.71. The molecule has 1 aromatic rings. The van der Waals surface area contributed by atoms with E-state index in [1.165, 1.54) is 5.01 Å². The van der Waals surface area contributed by atoms with Gasteiger partial charge in [-0.1, -0.05) is 23.4 Å². The van der Waals surface area contributed by atoms with Crippen LogP contribution in [0.2, 0.25) is 0 Å². The monoisotopic (exact) mass is 163 g/mol. The van der Waals surface area contributed by atoms with Gasteiger partial charge in [-0.25, -0.2) is 5.01 Å². The molecule has 1 aliphatic heterocycles. The van der Waals surface area contributed by atoms with E-state index in [0.29, 0.717) is 6.54 Å². The van der Waals surface area contributed by atoms with Gasteiger partial charge in [0.05, 0.1) is 5.69 Å². The Morgan fingerprint density at radius 1 is 1.33 bits per heavy atom. The number of nitrogens with zero attached hydrogens (tertiary/aromatic N) is 3. The van der Waals surface area contributed by atoms with Gasteiger partial charge >= 0.3 is 0 Å². The fraction of sp³-hybridized carbons (Fsp3) is 0.250. The molecule has 0 fully saturated rings. The zero-order valence-corrected chi connectivity index (χ0v) is 6.46. The van der Waals surface area contributed by atoms with Crippen LogP contribution in [0.4, 0.5) is 5.69 Å². The molecule has 0 radical (unpaired) electrons. The fourth-order valence-corrected chi connectivity index (χ4v) is 1.12. The van der Waals surface area contributed by atoms with Crippen molar-refractivity contribution in [1.82, 2.24) is 0 Å². The highest BCUT2D eigenvalue weighted by Gasteiger charge is 2.19. The van der Waals surface area contributed by atoms with Crippen molar-refractivity contribution in [3.8, 4) is 0 Å². The third kappa shape index (κ3) is 1.16. The second-order valence-corrected chi connectivity index (χ2v) is 2.57. The molecule has 1 N–H and O–H groups in total. The molecule has 0 aliphatic carbocycles. The van der Waals surface area contributed by atoms with Crippen LogP contribution in [-0.2, 0) is 0 Å². The van der Waals surface area contributed by atoms with Crippen LogP contribution in [0, 0.1) is 0 Å². The van der Waals surface area contributed by atoms with Crippen molar-refractivity contribution in [3.63, 3.8) is 0 Å². The van der Waals surface area contributed by atoms with Gasteiger partial charge in [-0.2, -0.15) is 5.11 Å². The van der Waals surface area contributed by atoms with Gasteiger partial charge in [0.15, 0.2) is 6.23 Å². The molecule has 0 saturated heterocycles. The van der Waals surface area contributed by atoms with Crippen molar-refractivity contribution in [2.24, 2.45) is 10.3 Å². The third-order valence-corrected chi connectivity index (χ3v) is 1.71. The molecular weight excluding hydrogens is 154 g/mol. The molecule has 12 heavy (non-hydrogen) atoms. The number of rotatable bonds is 1. The van der Waals surface area contributed by atoms with Crippen molar-refractivity contribution < 1.29 is 5.11 Å². The molecule has 62 valence electrons. The van der Waals surface area contributed by atoms with Gasteiger partial charge in [0.2, 0.25) is 0 Å². The molecule has 4 heteroatoms. The lowest BCUT2D eigenvalue weighted by Gasteiger charge is -2.15. The molecule has 1 atom stereocenters. The maximum atomic E-state index is 9.38. The summed E-state index contributed by atoms with van der Waals surface area (Å²) in [4.78, 5) is 0. The highest BCUT2D eigenvalue weighted by atomic mass is 16.3. The smallest absolute Gasteiger partial charge is 0.170 e. The molecule has 1 unspecified atom stereocenters. The number of aliphatic hydroxyl groups excluding tert-OH is 1. The van der Waals surface area contributed by atoms with Crippen molar-refractivity contribution in [2.45, 2.75) is 6.23 Å². The van der Waals surface area contributed by atoms with Gasteiger partial charge in [0.1, 0.15) is 6.54 Å². The summed E-state index contributed by atoms with van der Waals surface area (Å²) in [6.45, 7) is 0.356. The first-order chi connectivity index (χ1) is 5.88. The van der Waals surface area contributed by atoms with E-state index in [-0.39, 0.29) is 0 Å². The predicted molar refractivity (Wildman–Crippen MR) is 44.7 cm³/mol. The highest BCUT2D eigenvalue weighted by Crippen LogP contribution is 2.19. The minimum atomic E-state index is -0.604. The van der Waals surface area contributed by atoms with E-state index in [1.54, 1.807) is 0 Å². The lowest BCUT2D eigenvalue weighted by molar-refractivity contribution is 0.194. The van der Waals surface area contributed by atoms with Crippen LogP contribution in [0.5, 0.6) is 0 Å². The molecule has 0 saturated carbocycles. The lowest BCUT2D eigenvalue weighted by atomic mass is 10.3. The summed E-state index contributed by atoms with van der Waals surface area (Å²) in [6.07, 6.45) is -0.604. The molecule has 1 aliphatic rings. The normalized spacial score (nSPS) is 21.8. The molecule has 1 heterocycles. The molecule has 4 nitrogen and oxygen atoms in total. The summed E-state index contributed by atoms with van der Waals surface area (Å²) in [6, 6.07) is 9.48. The van der Waals surface area contributed by atoms with Crippen LogP contribution in [-0.4, -0.2) is 17.9 Å². The summed E-state index contributed by atoms with van der Waals surface area (Å²) in [7, 11) is 0. The largest absolute Gasteiger partial charge is 0.370 e. The van der Waals surface area contributed by atoms with Gasteiger partial charge in [0.25, 0.3) is 0 Å². The van der Waals surface area contributed by atoms with Gasteiger partial charge in [-0.15, -0.1) is 0 Å². The minimum absolute atomic E-state index is 0.356. The maximum Gasteiger partial charge on any atom is 0.170 e. The SMILES string of the molecule is OC1CN=NN1c1ccccc1. The Morgan fingerprint density at radius 3 is 2.67 bits per heavy atom. The lowest BCUT2D eigenvalue weighted by Crippen LogP contribution is -2.27. The standard InChI is InChI=1S/C8H9N3O/c12-8-6-9-10-11(8)7-4-2-1-3-5-7/h1-5,8,12H,6H2. The number of aliphatic hydroxyl groups is 1. The summed E-state index contributed by atoms with van der Waals surface area (Å²) < 4.78 is 0. The van der Waals surface area contributed by atoms with Crippen LogP contribution in [0.25, 0.3) is 0 Å². The Labute approximate surface area is 70.1 Å². The quantitative estimate of drug-likeness (QED) is 0.676. The van der Waals surface area contributed by atoms with Crippen LogP contribution in [0.1, 0.15) is 0 Å². The predicted octanol–water partition coefficient (Wildman–Crippen LogP) is 1.19. The summed E-state index contributed by atoms with van der Waals surface area (Å²) in [5.41, 5.74) is 0.867. The summed E-state index contributed by atoms with van der Waals surface area (Å²) in [5.74, 6) is 0. The van der Waals surface area contributed by atoms with Crippen LogP contribution >= 0.6 is 0 Å². The van der Waals surface area contributed by atoms with Crippen LogP contribution in [0.3, 0.4) is 0 Å². The van der Waals surface area contributed by atoms with Gasteiger partial charge in [-0.3, -0.25) is 0 Å². The maximum absolute atomic E-state index is 9.38. The van der Waals surface area contributed by atoms with Crippen molar-refractivity contribution in [2.75, 3.05) is 11.6 Å². The first kappa shape index (κ1) is 7.24. The highest BCUT2D eigenvalue weighted by molar-refractivity contribution is 5.45. The second kappa shape index (κ2) is 2.91. The topological polar surface area (TPSA) is 48.2 Å². The number of anilines is 1. The second-order valence-electron chi connectivity index (χ2n) is 2.57. The molecule has 0 aromatic heterocycles. The van der Waals surface area contributed by atoms with E-state index >= 15 is 0 Å². The van der Waals surface area contributed by atoms with Crippen molar-refractivity contribution in [1.29, 1.82) is 0 Å². The van der Waals surface area contributed by atoms with Crippen molar-refractivity contribution >= 4 is 5.69 Å². The van der Waals surface area contributed by atoms with E-state index in [4.69, 9.17) is 0 Å². The molecule has 1 aromatic carbocycles. The molecule has 0 spiro atoms. The number of para-hydroxylation sites is 1. The summed E-state index contributed by atoms with van der Waals surface area (Å²) in [5, 5.41) is 18.4. The Morgan fingerprint density at radius 2 is 2.08 bits per heavy atom. The zero-order valence-electron chi connectivity index (χ0n) is 6.46.